The number of hydrogen-bond donors (Lipinski definition) is 0. The summed E-state index contributed by atoms with van der Waals surface area (Å²) in [6, 6.07) is 16.6. The number of hydrogen-bond acceptors (Lipinski definition) is 11. The van der Waals surface area contributed by atoms with E-state index < -0.39 is 36.0 Å². The van der Waals surface area contributed by atoms with Gasteiger partial charge in [-0.3, -0.25) is 4.79 Å². The van der Waals surface area contributed by atoms with Crippen LogP contribution in [-0.2, 0) is 40.1 Å². The van der Waals surface area contributed by atoms with Crippen molar-refractivity contribution in [1.82, 2.24) is 0 Å². The number of methoxy groups -OCH3 is 3. The largest absolute Gasteiger partial charge is 0.544 e. The lowest BCUT2D eigenvalue weighted by atomic mass is 9.83. The van der Waals surface area contributed by atoms with Gasteiger partial charge in [-0.2, -0.15) is 0 Å². The Morgan fingerprint density at radius 2 is 1.24 bits per heavy atom. The first kappa shape index (κ1) is 44.3. The first-order valence-corrected chi connectivity index (χ1v) is 21.5. The number of nitrogens with zero attached hydrogens (tertiary/aromatic N) is 2. The molecule has 6 unspecified atom stereocenters. The molecule has 4 aliphatic heterocycles. The molecule has 6 bridgehead atoms. The van der Waals surface area contributed by atoms with Crippen molar-refractivity contribution in [2.75, 3.05) is 48.5 Å². The van der Waals surface area contributed by atoms with Crippen LogP contribution in [0.3, 0.4) is 0 Å². The average Bonchev–Trinajstić information content (AvgIpc) is 3.24. The summed E-state index contributed by atoms with van der Waals surface area (Å²) in [6.07, 6.45) is 3.90. The molecule has 8 rings (SSSR count). The van der Waals surface area contributed by atoms with Gasteiger partial charge in [0.1, 0.15) is 29.9 Å². The van der Waals surface area contributed by atoms with E-state index >= 15 is 0 Å². The lowest BCUT2D eigenvalue weighted by Gasteiger charge is -2.51. The van der Waals surface area contributed by atoms with E-state index in [0.29, 0.717) is 98.8 Å². The van der Waals surface area contributed by atoms with Crippen LogP contribution >= 0.6 is 0 Å². The molecular formula is C49H58N2O11. The molecule has 330 valence electrons. The second-order valence-corrected chi connectivity index (χ2v) is 17.3. The molecule has 6 atom stereocenters. The SMILES string of the molecule is CCCC(C(=O)[O-])[N+]1(C)CCc2cc(OC)c3cc2C1Cc1ccc(cc1)Oc1cc(ccc1OC)CC1c2c(cc(OC)c(OC(C)=O)c2O3)CC[N+]1(C)C(CCC)C(=O)[O-]. The number of likely N-dealkylation sites (N-methyl/N-ethyl adjacent to an activating group) is 2. The molecule has 0 spiro atoms. The molecule has 4 aromatic rings. The molecule has 0 radical (unpaired) electrons. The Bertz CT molecular complexity index is 2350. The van der Waals surface area contributed by atoms with Gasteiger partial charge in [-0.25, -0.2) is 0 Å². The maximum Gasteiger partial charge on any atom is 0.308 e. The molecule has 62 heavy (non-hydrogen) atoms. The van der Waals surface area contributed by atoms with Crippen molar-refractivity contribution in [3.05, 3.63) is 94.0 Å². The number of fused-ring (bicyclic) bond motifs is 2. The third-order valence-electron chi connectivity index (χ3n) is 13.6. The summed E-state index contributed by atoms with van der Waals surface area (Å²) in [4.78, 5) is 39.3. The molecule has 0 saturated heterocycles. The second kappa shape index (κ2) is 17.9. The number of ether oxygens (including phenoxy) is 6. The van der Waals surface area contributed by atoms with E-state index in [4.69, 9.17) is 28.4 Å². The number of carbonyl (C=O) groups excluding carboxylic acids is 3. The van der Waals surface area contributed by atoms with Crippen LogP contribution in [-0.4, -0.2) is 87.5 Å². The van der Waals surface area contributed by atoms with Crippen LogP contribution in [0.2, 0.25) is 0 Å². The first-order valence-electron chi connectivity index (χ1n) is 21.5. The summed E-state index contributed by atoms with van der Waals surface area (Å²) in [5.74, 6) is -0.0522. The van der Waals surface area contributed by atoms with Crippen molar-refractivity contribution in [1.29, 1.82) is 0 Å². The van der Waals surface area contributed by atoms with Crippen molar-refractivity contribution in [2.24, 2.45) is 0 Å². The van der Waals surface area contributed by atoms with E-state index in [2.05, 4.69) is 0 Å². The normalized spacial score (nSPS) is 22.3. The monoisotopic (exact) mass is 850 g/mol. The zero-order valence-electron chi connectivity index (χ0n) is 37.0. The van der Waals surface area contributed by atoms with E-state index in [9.17, 15) is 24.6 Å². The lowest BCUT2D eigenvalue weighted by Crippen LogP contribution is -2.63. The molecule has 13 nitrogen and oxygen atoms in total. The highest BCUT2D eigenvalue weighted by molar-refractivity contribution is 5.75. The van der Waals surface area contributed by atoms with Crippen molar-refractivity contribution in [3.8, 4) is 46.0 Å². The summed E-state index contributed by atoms with van der Waals surface area (Å²) < 4.78 is 37.7. The fraction of sp³-hybridized carbons (Fsp3) is 0.449. The summed E-state index contributed by atoms with van der Waals surface area (Å²) >= 11 is 0. The van der Waals surface area contributed by atoms with Gasteiger partial charge in [0.25, 0.3) is 0 Å². The van der Waals surface area contributed by atoms with Gasteiger partial charge in [0, 0.05) is 51.0 Å². The van der Waals surface area contributed by atoms with Crippen molar-refractivity contribution in [2.45, 2.75) is 96.3 Å². The molecule has 0 fully saturated rings. The molecule has 0 N–H and O–H groups in total. The Kier molecular flexibility index (Phi) is 12.8. The molecular weight excluding hydrogens is 793 g/mol. The summed E-state index contributed by atoms with van der Waals surface area (Å²) in [5, 5.41) is 26.3. The predicted octanol–water partition coefficient (Wildman–Crippen LogP) is 5.95. The zero-order chi connectivity index (χ0) is 44.5. The zero-order valence-corrected chi connectivity index (χ0v) is 37.0. The molecule has 0 saturated carbocycles. The van der Waals surface area contributed by atoms with Crippen molar-refractivity contribution in [3.63, 3.8) is 0 Å². The quantitative estimate of drug-likeness (QED) is 0.0946. The van der Waals surface area contributed by atoms with E-state index in [1.54, 1.807) is 14.2 Å². The highest BCUT2D eigenvalue weighted by Gasteiger charge is 2.49. The Balaban J connectivity index is 1.57. The van der Waals surface area contributed by atoms with Crippen LogP contribution in [0.4, 0.5) is 0 Å². The number of carboxylic acid groups (broad SMARTS) is 2. The summed E-state index contributed by atoms with van der Waals surface area (Å²) in [7, 11) is 8.58. The van der Waals surface area contributed by atoms with Crippen molar-refractivity contribution < 1.29 is 62.0 Å². The van der Waals surface area contributed by atoms with Crippen LogP contribution in [0.5, 0.6) is 46.0 Å². The number of benzene rings is 4. The first-order chi connectivity index (χ1) is 29.7. The molecule has 0 aliphatic carbocycles. The molecule has 4 aliphatic rings. The van der Waals surface area contributed by atoms with Crippen LogP contribution in [0.15, 0.2) is 60.7 Å². The van der Waals surface area contributed by atoms with Gasteiger partial charge in [0.2, 0.25) is 5.75 Å². The smallest absolute Gasteiger partial charge is 0.308 e. The Hall–Kier alpha value is -5.79. The number of esters is 1. The Labute approximate surface area is 363 Å². The van der Waals surface area contributed by atoms with Gasteiger partial charge in [-0.15, -0.1) is 0 Å². The number of aliphatic carboxylic acids is 2. The van der Waals surface area contributed by atoms with Crippen LogP contribution < -0.4 is 38.6 Å². The standard InChI is InChI=1S/C49H58N2O11/c1-9-11-36(48(53)54)50(4)21-19-32-26-41(58-7)43-28-35(32)38(50)23-30-13-16-34(17-14-30)61-42-25-31(15-18-40(42)57-6)24-39-45-33(20-22-51(39,5)37(12-10-2)49(55)56)27-44(59-8)46(47(45)62-43)60-29(3)52/h13-18,25-28,36-39H,9-12,19-24H2,1-8H3. The lowest BCUT2D eigenvalue weighted by molar-refractivity contribution is -0.958. The topological polar surface area (TPSA) is 153 Å². The number of carbonyl (C=O) groups is 3. The average molecular weight is 851 g/mol. The molecule has 13 heteroatoms. The van der Waals surface area contributed by atoms with Gasteiger partial charge in [0.05, 0.1) is 66.0 Å². The highest BCUT2D eigenvalue weighted by atomic mass is 16.6. The van der Waals surface area contributed by atoms with Gasteiger partial charge in [-0.1, -0.05) is 44.9 Å². The van der Waals surface area contributed by atoms with Gasteiger partial charge in [-0.05, 0) is 64.7 Å². The minimum atomic E-state index is -1.16. The van der Waals surface area contributed by atoms with E-state index in [0.717, 1.165) is 27.8 Å². The Morgan fingerprint density at radius 1 is 0.694 bits per heavy atom. The van der Waals surface area contributed by atoms with Crippen molar-refractivity contribution >= 4 is 17.9 Å². The van der Waals surface area contributed by atoms with E-state index in [-0.39, 0.29) is 32.3 Å². The summed E-state index contributed by atoms with van der Waals surface area (Å²) in [5.41, 5.74) is 5.20. The van der Waals surface area contributed by atoms with Gasteiger partial charge < -0.3 is 57.2 Å². The fourth-order valence-corrected chi connectivity index (χ4v) is 10.3. The van der Waals surface area contributed by atoms with E-state index in [1.807, 2.05) is 88.6 Å². The number of carboxylic acids is 2. The van der Waals surface area contributed by atoms with E-state index in [1.165, 1.54) is 14.0 Å². The minimum absolute atomic E-state index is 0.0438. The highest BCUT2D eigenvalue weighted by Crippen LogP contribution is 2.55. The number of rotatable bonds is 12. The molecule has 4 aromatic carbocycles. The predicted molar refractivity (Wildman–Crippen MR) is 227 cm³/mol. The Morgan fingerprint density at radius 3 is 1.82 bits per heavy atom. The second-order valence-electron chi connectivity index (χ2n) is 17.3. The molecule has 0 aromatic heterocycles. The third-order valence-corrected chi connectivity index (χ3v) is 13.6. The van der Waals surface area contributed by atoms with Crippen LogP contribution in [0, 0.1) is 0 Å². The fourth-order valence-electron chi connectivity index (χ4n) is 10.3. The van der Waals surface area contributed by atoms with Crippen LogP contribution in [0.25, 0.3) is 0 Å². The molecule has 4 heterocycles. The summed E-state index contributed by atoms with van der Waals surface area (Å²) in [6.45, 7) is 6.24. The molecule has 0 amide bonds. The maximum absolute atomic E-state index is 13.2. The number of quaternary nitrogens is 2. The third kappa shape index (κ3) is 8.15. The van der Waals surface area contributed by atoms with Gasteiger partial charge in [0.15, 0.2) is 34.5 Å². The maximum atomic E-state index is 13.2. The van der Waals surface area contributed by atoms with Crippen LogP contribution in [0.1, 0.15) is 91.9 Å². The minimum Gasteiger partial charge on any atom is -0.544 e. The van der Waals surface area contributed by atoms with Gasteiger partial charge >= 0.3 is 5.97 Å².